The number of H-pyrrole nitrogens is 1. The first-order valence-electron chi connectivity index (χ1n) is 11.8. The van der Waals surface area contributed by atoms with Crippen LogP contribution in [0.25, 0.3) is 11.1 Å². The zero-order valence-electron chi connectivity index (χ0n) is 19.4. The number of aromatic nitrogens is 2. The number of amides is 2. The number of likely N-dealkylation sites (N-methyl/N-ethyl adjacent to an activating group) is 1. The number of fused-ring (bicyclic) bond motifs is 5. The van der Waals surface area contributed by atoms with Crippen molar-refractivity contribution in [3.05, 3.63) is 74.4 Å². The lowest BCUT2D eigenvalue weighted by Gasteiger charge is -2.39. The predicted octanol–water partition coefficient (Wildman–Crippen LogP) is 3.35. The highest BCUT2D eigenvalue weighted by atomic mass is 35.5. The van der Waals surface area contributed by atoms with Crippen LogP contribution in [0.15, 0.2) is 41.2 Å². The molecule has 3 atom stereocenters. The second-order valence-corrected chi connectivity index (χ2v) is 10.1. The lowest BCUT2D eigenvalue weighted by molar-refractivity contribution is -0.121. The van der Waals surface area contributed by atoms with Crippen LogP contribution in [0.1, 0.15) is 35.7 Å². The molecule has 2 amide bonds. The van der Waals surface area contributed by atoms with Crippen molar-refractivity contribution in [2.24, 2.45) is 5.92 Å². The fourth-order valence-corrected chi connectivity index (χ4v) is 5.85. The number of carbonyl (C=O) groups excluding carboxylic acids is 2. The number of nitrogens with zero attached hydrogens (tertiary/aromatic N) is 2. The summed E-state index contributed by atoms with van der Waals surface area (Å²) in [5, 5.41) is 13.1. The molecule has 1 aromatic heterocycles. The zero-order chi connectivity index (χ0) is 25.1. The third kappa shape index (κ3) is 3.88. The van der Waals surface area contributed by atoms with E-state index in [1.807, 2.05) is 18.2 Å². The Morgan fingerprint density at radius 3 is 2.83 bits per heavy atom. The second-order valence-electron chi connectivity index (χ2n) is 9.71. The van der Waals surface area contributed by atoms with Crippen LogP contribution < -0.4 is 21.1 Å². The summed E-state index contributed by atoms with van der Waals surface area (Å²) in [6.07, 6.45) is 2.02. The SMILES string of the molecule is CN1C(=O)Cc2ccc(-c3cc(F)c(NC(=O)C4CC5Cc6cc(=O)[nH]nc6C(C4)N5)cc3Cl)cc21. The highest BCUT2D eigenvalue weighted by Crippen LogP contribution is 2.39. The minimum atomic E-state index is -0.591. The molecule has 3 aliphatic heterocycles. The van der Waals surface area contributed by atoms with Gasteiger partial charge in [0.15, 0.2) is 0 Å². The average molecular weight is 508 g/mol. The molecule has 10 heteroatoms. The largest absolute Gasteiger partial charge is 0.323 e. The van der Waals surface area contributed by atoms with Gasteiger partial charge in [-0.2, -0.15) is 5.10 Å². The number of piperidine rings is 1. The van der Waals surface area contributed by atoms with E-state index in [-0.39, 0.29) is 41.1 Å². The van der Waals surface area contributed by atoms with Gasteiger partial charge in [-0.15, -0.1) is 0 Å². The van der Waals surface area contributed by atoms with E-state index in [1.54, 1.807) is 18.0 Å². The Morgan fingerprint density at radius 2 is 2.00 bits per heavy atom. The number of rotatable bonds is 3. The number of benzene rings is 2. The summed E-state index contributed by atoms with van der Waals surface area (Å²) in [5.74, 6) is -1.20. The molecule has 0 saturated carbocycles. The van der Waals surface area contributed by atoms with Gasteiger partial charge in [0.2, 0.25) is 11.8 Å². The number of aromatic amines is 1. The van der Waals surface area contributed by atoms with E-state index in [4.69, 9.17) is 11.6 Å². The van der Waals surface area contributed by atoms with Crippen molar-refractivity contribution in [3.8, 4) is 11.1 Å². The van der Waals surface area contributed by atoms with E-state index < -0.39 is 5.82 Å². The molecule has 6 rings (SSSR count). The Hall–Kier alpha value is -3.56. The predicted molar refractivity (Wildman–Crippen MR) is 134 cm³/mol. The minimum absolute atomic E-state index is 0.00657. The van der Waals surface area contributed by atoms with Crippen LogP contribution >= 0.6 is 11.6 Å². The average Bonchev–Trinajstić information content (AvgIpc) is 3.13. The maximum absolute atomic E-state index is 15.1. The van der Waals surface area contributed by atoms with E-state index in [0.29, 0.717) is 41.8 Å². The second kappa shape index (κ2) is 8.53. The van der Waals surface area contributed by atoms with E-state index in [9.17, 15) is 14.4 Å². The third-order valence-electron chi connectivity index (χ3n) is 7.40. The molecule has 0 spiro atoms. The third-order valence-corrected chi connectivity index (χ3v) is 7.71. The van der Waals surface area contributed by atoms with Crippen LogP contribution in [0.5, 0.6) is 0 Å². The molecule has 3 aliphatic rings. The molecular weight excluding hydrogens is 485 g/mol. The van der Waals surface area contributed by atoms with Gasteiger partial charge >= 0.3 is 0 Å². The monoisotopic (exact) mass is 507 g/mol. The van der Waals surface area contributed by atoms with Gasteiger partial charge in [-0.05, 0) is 54.2 Å². The Morgan fingerprint density at radius 1 is 1.17 bits per heavy atom. The lowest BCUT2D eigenvalue weighted by atomic mass is 9.79. The summed E-state index contributed by atoms with van der Waals surface area (Å²) >= 11 is 6.52. The number of hydrogen-bond donors (Lipinski definition) is 3. The first kappa shape index (κ1) is 22.9. The quantitative estimate of drug-likeness (QED) is 0.504. The zero-order valence-corrected chi connectivity index (χ0v) is 20.2. The van der Waals surface area contributed by atoms with Crippen molar-refractivity contribution >= 4 is 34.8 Å². The van der Waals surface area contributed by atoms with Crippen LogP contribution in [0, 0.1) is 11.7 Å². The van der Waals surface area contributed by atoms with E-state index >= 15 is 4.39 Å². The van der Waals surface area contributed by atoms with Crippen LogP contribution in [-0.2, 0) is 22.4 Å². The van der Waals surface area contributed by atoms with Crippen molar-refractivity contribution in [1.82, 2.24) is 15.5 Å². The summed E-state index contributed by atoms with van der Waals surface area (Å²) in [6.45, 7) is 0. The lowest BCUT2D eigenvalue weighted by Crippen LogP contribution is -2.49. The Bertz CT molecular complexity index is 1490. The summed E-state index contributed by atoms with van der Waals surface area (Å²) in [6, 6.07) is 9.69. The van der Waals surface area contributed by atoms with E-state index in [0.717, 1.165) is 22.5 Å². The molecule has 0 aliphatic carbocycles. The number of carbonyl (C=O) groups is 2. The smallest absolute Gasteiger partial charge is 0.264 e. The van der Waals surface area contributed by atoms with Gasteiger partial charge in [0.25, 0.3) is 5.56 Å². The van der Waals surface area contributed by atoms with Crippen molar-refractivity contribution in [1.29, 1.82) is 0 Å². The first-order chi connectivity index (χ1) is 17.3. The molecule has 4 heterocycles. The van der Waals surface area contributed by atoms with Crippen LogP contribution in [-0.4, -0.2) is 35.1 Å². The summed E-state index contributed by atoms with van der Waals surface area (Å²) in [7, 11) is 1.71. The van der Waals surface area contributed by atoms with Gasteiger partial charge in [0.1, 0.15) is 5.82 Å². The van der Waals surface area contributed by atoms with Crippen LogP contribution in [0.3, 0.4) is 0 Å². The maximum Gasteiger partial charge on any atom is 0.264 e. The number of nitrogens with one attached hydrogen (secondary N) is 3. The molecule has 1 fully saturated rings. The molecule has 3 aromatic rings. The van der Waals surface area contributed by atoms with Gasteiger partial charge in [0, 0.05) is 36.3 Å². The topological polar surface area (TPSA) is 107 Å². The Balaban J connectivity index is 1.21. The van der Waals surface area contributed by atoms with Crippen molar-refractivity contribution < 1.29 is 14.0 Å². The maximum atomic E-state index is 15.1. The molecule has 2 aromatic carbocycles. The summed E-state index contributed by atoms with van der Waals surface area (Å²) in [5.41, 5.74) is 4.31. The minimum Gasteiger partial charge on any atom is -0.323 e. The highest BCUT2D eigenvalue weighted by Gasteiger charge is 2.38. The van der Waals surface area contributed by atoms with Gasteiger partial charge in [-0.25, -0.2) is 9.49 Å². The molecule has 36 heavy (non-hydrogen) atoms. The van der Waals surface area contributed by atoms with Crippen molar-refractivity contribution in [2.75, 3.05) is 17.3 Å². The first-order valence-corrected chi connectivity index (χ1v) is 12.2. The van der Waals surface area contributed by atoms with Gasteiger partial charge < -0.3 is 15.5 Å². The van der Waals surface area contributed by atoms with Crippen LogP contribution in [0.2, 0.25) is 5.02 Å². The normalized spacial score (nSPS) is 22.2. The standard InChI is InChI=1S/C26H23ClFN5O3/c1-33-22-7-12(2-3-13(22)9-24(33)35)17-10-19(28)20(11-18(17)27)30-26(36)15-5-16-4-14-8-23(34)31-32-25(14)21(6-15)29-16/h2-3,7-8,10-11,15-16,21,29H,4-6,9H2,1H3,(H,30,36)(H,31,34). The number of hydrogen-bond acceptors (Lipinski definition) is 5. The van der Waals surface area contributed by atoms with Crippen molar-refractivity contribution in [2.45, 2.75) is 37.8 Å². The highest BCUT2D eigenvalue weighted by molar-refractivity contribution is 6.33. The number of halogens is 2. The molecule has 1 saturated heterocycles. The molecule has 3 unspecified atom stereocenters. The molecule has 0 radical (unpaired) electrons. The Labute approximate surface area is 210 Å². The molecule has 3 N–H and O–H groups in total. The number of anilines is 2. The van der Waals surface area contributed by atoms with E-state index in [1.165, 1.54) is 12.1 Å². The van der Waals surface area contributed by atoms with Gasteiger partial charge in [-0.1, -0.05) is 23.7 Å². The summed E-state index contributed by atoms with van der Waals surface area (Å²) < 4.78 is 15.1. The van der Waals surface area contributed by atoms with E-state index in [2.05, 4.69) is 20.8 Å². The van der Waals surface area contributed by atoms with Crippen molar-refractivity contribution in [3.63, 3.8) is 0 Å². The Kier molecular flexibility index (Phi) is 5.42. The van der Waals surface area contributed by atoms with Gasteiger partial charge in [0.05, 0.1) is 28.9 Å². The molecule has 2 bridgehead atoms. The molecule has 8 nitrogen and oxygen atoms in total. The fraction of sp³-hybridized carbons (Fsp3) is 0.308. The summed E-state index contributed by atoms with van der Waals surface area (Å²) in [4.78, 5) is 38.3. The van der Waals surface area contributed by atoms with Crippen LogP contribution in [0.4, 0.5) is 15.8 Å². The molecule has 184 valence electrons. The van der Waals surface area contributed by atoms with Gasteiger partial charge in [-0.3, -0.25) is 14.4 Å². The fourth-order valence-electron chi connectivity index (χ4n) is 5.58. The molecular formula is C26H23ClFN5O3.